The van der Waals surface area contributed by atoms with Gasteiger partial charge in [-0.1, -0.05) is 6.92 Å². The molecule has 1 unspecified atom stereocenters. The summed E-state index contributed by atoms with van der Waals surface area (Å²) in [5.41, 5.74) is 1.42. The molecule has 4 heteroatoms. The van der Waals surface area contributed by atoms with E-state index in [0.717, 1.165) is 32.1 Å². The van der Waals surface area contributed by atoms with E-state index in [0.29, 0.717) is 12.4 Å². The van der Waals surface area contributed by atoms with Crippen molar-refractivity contribution in [1.29, 1.82) is 0 Å². The van der Waals surface area contributed by atoms with E-state index >= 15 is 0 Å². The fraction of sp³-hybridized carbons (Fsp3) is 0.867. The Labute approximate surface area is 117 Å². The van der Waals surface area contributed by atoms with Crippen LogP contribution in [-0.2, 0) is 14.6 Å². The molecule has 0 N–H and O–H groups in total. The van der Waals surface area contributed by atoms with Gasteiger partial charge in [-0.25, -0.2) is 8.42 Å². The molecule has 0 aromatic rings. The molecule has 3 nitrogen and oxygen atoms in total. The normalized spacial score (nSPS) is 29.6. The monoisotopic (exact) mass is 286 g/mol. The fourth-order valence-electron chi connectivity index (χ4n) is 3.41. The minimum atomic E-state index is -2.87. The Morgan fingerprint density at radius 3 is 2.58 bits per heavy atom. The first-order chi connectivity index (χ1) is 9.10. The summed E-state index contributed by atoms with van der Waals surface area (Å²) in [5.74, 6) is 0.381. The Balaban J connectivity index is 1.76. The molecule has 1 aliphatic carbocycles. The summed E-state index contributed by atoms with van der Waals surface area (Å²) in [6.07, 6.45) is 10.9. The highest BCUT2D eigenvalue weighted by Gasteiger charge is 2.45. The first-order valence-corrected chi connectivity index (χ1v) is 9.27. The first-order valence-electron chi connectivity index (χ1n) is 7.61. The second-order valence-electron chi connectivity index (χ2n) is 5.92. The molecule has 1 heterocycles. The van der Waals surface area contributed by atoms with Crippen LogP contribution < -0.4 is 0 Å². The van der Waals surface area contributed by atoms with Crippen LogP contribution in [0.2, 0.25) is 0 Å². The Hall–Kier alpha value is -0.510. The smallest absolute Gasteiger partial charge is 0.155 e. The van der Waals surface area contributed by atoms with Gasteiger partial charge in [-0.3, -0.25) is 0 Å². The van der Waals surface area contributed by atoms with Crippen molar-refractivity contribution < 1.29 is 13.2 Å². The molecule has 0 spiro atoms. The molecule has 0 amide bonds. The predicted octanol–water partition coefficient (Wildman–Crippen LogP) is 3.60. The largest absolute Gasteiger partial charge is 0.501 e. The van der Waals surface area contributed by atoms with E-state index < -0.39 is 14.6 Å². The molecule has 110 valence electrons. The molecular weight excluding hydrogens is 260 g/mol. The quantitative estimate of drug-likeness (QED) is 0.553. The first kappa shape index (κ1) is 14.9. The molecule has 2 rings (SSSR count). The van der Waals surface area contributed by atoms with Crippen molar-refractivity contribution in [3.63, 3.8) is 0 Å². The lowest BCUT2D eigenvalue weighted by Gasteiger charge is -2.26. The van der Waals surface area contributed by atoms with Crippen LogP contribution in [-0.4, -0.2) is 25.5 Å². The van der Waals surface area contributed by atoms with Gasteiger partial charge in [-0.15, -0.1) is 0 Å². The maximum Gasteiger partial charge on any atom is 0.155 e. The zero-order valence-corrected chi connectivity index (χ0v) is 12.8. The van der Waals surface area contributed by atoms with Crippen molar-refractivity contribution in [1.82, 2.24) is 0 Å². The van der Waals surface area contributed by atoms with Crippen LogP contribution in [0, 0.1) is 0 Å². The maximum absolute atomic E-state index is 12.1. The number of ether oxygens (including phenoxy) is 1. The predicted molar refractivity (Wildman–Crippen MR) is 77.8 cm³/mol. The highest BCUT2D eigenvalue weighted by atomic mass is 32.2. The van der Waals surface area contributed by atoms with Crippen molar-refractivity contribution in [2.75, 3.05) is 12.4 Å². The Kier molecular flexibility index (Phi) is 4.93. The number of hydrogen-bond donors (Lipinski definition) is 0. The zero-order chi connectivity index (χ0) is 13.8. The van der Waals surface area contributed by atoms with Crippen LogP contribution in [0.1, 0.15) is 64.7 Å². The molecule has 1 saturated carbocycles. The van der Waals surface area contributed by atoms with Gasteiger partial charge in [-0.05, 0) is 63.4 Å². The number of allylic oxidation sites excluding steroid dienone is 1. The summed E-state index contributed by atoms with van der Waals surface area (Å²) in [6, 6.07) is 0. The van der Waals surface area contributed by atoms with Crippen LogP contribution in [0.15, 0.2) is 11.8 Å². The molecule has 2 aliphatic rings. The Bertz CT molecular complexity index is 417. The van der Waals surface area contributed by atoms with Crippen LogP contribution in [0.5, 0.6) is 0 Å². The maximum atomic E-state index is 12.1. The molecule has 0 aromatic carbocycles. The molecule has 19 heavy (non-hydrogen) atoms. The molecule has 1 saturated heterocycles. The number of sulfone groups is 1. The van der Waals surface area contributed by atoms with E-state index in [9.17, 15) is 8.42 Å². The average Bonchev–Trinajstić information content (AvgIpc) is 2.97. The van der Waals surface area contributed by atoms with Gasteiger partial charge in [0.05, 0.1) is 23.4 Å². The SMILES string of the molecule is CCC1(CCCOC=C2CCCC2)CCCS1(=O)=O. The van der Waals surface area contributed by atoms with Crippen LogP contribution >= 0.6 is 0 Å². The van der Waals surface area contributed by atoms with Crippen LogP contribution in [0.4, 0.5) is 0 Å². The minimum absolute atomic E-state index is 0.381. The van der Waals surface area contributed by atoms with E-state index in [4.69, 9.17) is 4.74 Å². The summed E-state index contributed by atoms with van der Waals surface area (Å²) < 4.78 is 29.4. The fourth-order valence-corrected chi connectivity index (χ4v) is 5.72. The second kappa shape index (κ2) is 6.29. The molecule has 1 atom stereocenters. The third-order valence-corrected chi connectivity index (χ3v) is 7.58. The highest BCUT2D eigenvalue weighted by molar-refractivity contribution is 7.93. The van der Waals surface area contributed by atoms with Gasteiger partial charge in [0.25, 0.3) is 0 Å². The van der Waals surface area contributed by atoms with E-state index in [1.165, 1.54) is 31.3 Å². The molecule has 0 aromatic heterocycles. The standard InChI is InChI=1S/C15H26O3S/c1-2-15(10-6-12-19(15,16)17)9-5-11-18-13-14-7-3-4-8-14/h13H,2-12H2,1H3. The third-order valence-electron chi connectivity index (χ3n) is 4.74. The lowest BCUT2D eigenvalue weighted by atomic mass is 9.95. The summed E-state index contributed by atoms with van der Waals surface area (Å²) in [7, 11) is -2.87. The Morgan fingerprint density at radius 1 is 1.26 bits per heavy atom. The van der Waals surface area contributed by atoms with Crippen molar-refractivity contribution in [3.05, 3.63) is 11.8 Å². The lowest BCUT2D eigenvalue weighted by Crippen LogP contribution is -2.34. The third kappa shape index (κ3) is 3.33. The van der Waals surface area contributed by atoms with Crippen molar-refractivity contribution in [2.24, 2.45) is 0 Å². The van der Waals surface area contributed by atoms with Crippen LogP contribution in [0.3, 0.4) is 0 Å². The summed E-state index contributed by atoms with van der Waals surface area (Å²) in [4.78, 5) is 0. The zero-order valence-electron chi connectivity index (χ0n) is 12.0. The summed E-state index contributed by atoms with van der Waals surface area (Å²) in [6.45, 7) is 2.66. The number of rotatable bonds is 6. The Morgan fingerprint density at radius 2 is 2.00 bits per heavy atom. The van der Waals surface area contributed by atoms with Crippen molar-refractivity contribution in [3.8, 4) is 0 Å². The average molecular weight is 286 g/mol. The molecule has 1 aliphatic heterocycles. The van der Waals surface area contributed by atoms with Gasteiger partial charge in [0.15, 0.2) is 9.84 Å². The van der Waals surface area contributed by atoms with E-state index in [-0.39, 0.29) is 0 Å². The second-order valence-corrected chi connectivity index (χ2v) is 8.42. The van der Waals surface area contributed by atoms with Gasteiger partial charge in [0.2, 0.25) is 0 Å². The van der Waals surface area contributed by atoms with Crippen LogP contribution in [0.25, 0.3) is 0 Å². The molecule has 0 radical (unpaired) electrons. The summed E-state index contributed by atoms with van der Waals surface area (Å²) >= 11 is 0. The highest BCUT2D eigenvalue weighted by Crippen LogP contribution is 2.39. The summed E-state index contributed by atoms with van der Waals surface area (Å²) in [5, 5.41) is 0. The van der Waals surface area contributed by atoms with Gasteiger partial charge in [0, 0.05) is 0 Å². The molecule has 0 bridgehead atoms. The van der Waals surface area contributed by atoms with Crippen molar-refractivity contribution >= 4 is 9.84 Å². The topological polar surface area (TPSA) is 43.4 Å². The lowest BCUT2D eigenvalue weighted by molar-refractivity contribution is 0.231. The number of hydrogen-bond acceptors (Lipinski definition) is 3. The molecule has 2 fully saturated rings. The van der Waals surface area contributed by atoms with E-state index in [1.54, 1.807) is 0 Å². The van der Waals surface area contributed by atoms with Gasteiger partial charge < -0.3 is 4.74 Å². The van der Waals surface area contributed by atoms with Crippen molar-refractivity contribution in [2.45, 2.75) is 69.5 Å². The minimum Gasteiger partial charge on any atom is -0.501 e. The van der Waals surface area contributed by atoms with Gasteiger partial charge in [0.1, 0.15) is 0 Å². The molecular formula is C15H26O3S. The van der Waals surface area contributed by atoms with E-state index in [1.807, 2.05) is 13.2 Å². The van der Waals surface area contributed by atoms with Gasteiger partial charge in [-0.2, -0.15) is 0 Å². The van der Waals surface area contributed by atoms with Gasteiger partial charge >= 0.3 is 0 Å². The van der Waals surface area contributed by atoms with E-state index in [2.05, 4.69) is 0 Å².